The van der Waals surface area contributed by atoms with E-state index in [-0.39, 0.29) is 5.91 Å². The molecule has 4 aromatic carbocycles. The lowest BCUT2D eigenvalue weighted by atomic mass is 10.1. The van der Waals surface area contributed by atoms with E-state index < -0.39 is 0 Å². The zero-order valence-electron chi connectivity index (χ0n) is 18.1. The zero-order valence-corrected chi connectivity index (χ0v) is 19.7. The topological polar surface area (TPSA) is 32.3 Å². The Morgan fingerprint density at radius 1 is 0.848 bits per heavy atom. The number of nitrogens with one attached hydrogen (secondary N) is 1. The predicted octanol–water partition coefficient (Wildman–Crippen LogP) is 7.09. The molecule has 0 spiro atoms. The van der Waals surface area contributed by atoms with Gasteiger partial charge in [0.15, 0.2) is 0 Å². The van der Waals surface area contributed by atoms with E-state index in [2.05, 4.69) is 23.5 Å². The molecule has 1 aliphatic rings. The van der Waals surface area contributed by atoms with Gasteiger partial charge in [0.25, 0.3) is 5.91 Å². The fourth-order valence-electron chi connectivity index (χ4n) is 3.93. The molecular weight excluding hydrogens is 444 g/mol. The van der Waals surface area contributed by atoms with E-state index in [0.717, 1.165) is 33.0 Å². The summed E-state index contributed by atoms with van der Waals surface area (Å²) in [4.78, 5) is 18.4. The van der Waals surface area contributed by atoms with Crippen LogP contribution in [0.2, 0.25) is 0 Å². The molecule has 1 N–H and O–H groups in total. The van der Waals surface area contributed by atoms with Crippen LogP contribution >= 0.6 is 24.0 Å². The van der Waals surface area contributed by atoms with Crippen LogP contribution in [-0.4, -0.2) is 10.9 Å². The molecule has 3 nitrogen and oxygen atoms in total. The molecule has 0 aromatic heterocycles. The number of carbonyl (C=O) groups excluding carboxylic acids is 1. The average Bonchev–Trinajstić information content (AvgIpc) is 3.01. The minimum atomic E-state index is -0.0206. The molecule has 0 aliphatic carbocycles. The highest BCUT2D eigenvalue weighted by atomic mass is 32.2. The van der Waals surface area contributed by atoms with E-state index in [4.69, 9.17) is 12.2 Å². The van der Waals surface area contributed by atoms with Crippen LogP contribution in [-0.2, 0) is 6.54 Å². The highest BCUT2D eigenvalue weighted by molar-refractivity contribution is 7.99. The Labute approximate surface area is 203 Å². The van der Waals surface area contributed by atoms with E-state index in [1.54, 1.807) is 11.8 Å². The Morgan fingerprint density at radius 2 is 1.52 bits per heavy atom. The molecule has 1 heterocycles. The third-order valence-electron chi connectivity index (χ3n) is 5.70. The van der Waals surface area contributed by atoms with Gasteiger partial charge in [-0.05, 0) is 60.5 Å². The molecule has 4 aromatic rings. The molecular formula is C28H22N2OS2. The smallest absolute Gasteiger partial charge is 0.258 e. The number of rotatable bonds is 3. The maximum Gasteiger partial charge on any atom is 0.258 e. The van der Waals surface area contributed by atoms with Crippen LogP contribution in [0.25, 0.3) is 0 Å². The highest BCUT2D eigenvalue weighted by Gasteiger charge is 2.25. The molecule has 0 saturated carbocycles. The second kappa shape index (κ2) is 9.22. The van der Waals surface area contributed by atoms with Gasteiger partial charge < -0.3 is 10.2 Å². The lowest BCUT2D eigenvalue weighted by molar-refractivity contribution is 0.0984. The molecule has 33 heavy (non-hydrogen) atoms. The van der Waals surface area contributed by atoms with Crippen molar-refractivity contribution in [3.63, 3.8) is 0 Å². The number of carbonyl (C=O) groups is 1. The Kier molecular flexibility index (Phi) is 5.99. The van der Waals surface area contributed by atoms with Crippen molar-refractivity contribution in [3.8, 4) is 0 Å². The molecule has 0 atom stereocenters. The lowest BCUT2D eigenvalue weighted by Gasteiger charge is -2.23. The van der Waals surface area contributed by atoms with Crippen LogP contribution in [0.5, 0.6) is 0 Å². The van der Waals surface area contributed by atoms with Crippen LogP contribution in [0.1, 0.15) is 27.0 Å². The third kappa shape index (κ3) is 4.42. The van der Waals surface area contributed by atoms with E-state index >= 15 is 0 Å². The number of anilines is 2. The number of benzene rings is 4. The van der Waals surface area contributed by atoms with Crippen LogP contribution in [0.15, 0.2) is 107 Å². The SMILES string of the molecule is Cc1ccccc1C(=S)Nc1ccc(C(=O)N2Cc3ccccc3Sc3ccccc32)cc1. The maximum absolute atomic E-state index is 13.6. The number of hydrogen-bond donors (Lipinski definition) is 1. The first-order valence-corrected chi connectivity index (χ1v) is 12.0. The fraction of sp³-hybridized carbons (Fsp3) is 0.0714. The summed E-state index contributed by atoms with van der Waals surface area (Å²) in [5.74, 6) is -0.0206. The summed E-state index contributed by atoms with van der Waals surface area (Å²) in [6.07, 6.45) is 0. The van der Waals surface area contributed by atoms with Crippen molar-refractivity contribution in [1.29, 1.82) is 0 Å². The third-order valence-corrected chi connectivity index (χ3v) is 7.21. The molecule has 162 valence electrons. The van der Waals surface area contributed by atoms with Gasteiger partial charge in [0.05, 0.1) is 12.2 Å². The molecule has 1 amide bonds. The molecule has 0 saturated heterocycles. The molecule has 0 radical (unpaired) electrons. The zero-order chi connectivity index (χ0) is 22.8. The Balaban J connectivity index is 1.40. The largest absolute Gasteiger partial charge is 0.346 e. The molecule has 1 aliphatic heterocycles. The summed E-state index contributed by atoms with van der Waals surface area (Å²) in [5, 5.41) is 3.29. The van der Waals surface area contributed by atoms with Crippen LogP contribution in [0.4, 0.5) is 11.4 Å². The number of para-hydroxylation sites is 1. The molecule has 5 heteroatoms. The number of hydrogen-bond acceptors (Lipinski definition) is 3. The summed E-state index contributed by atoms with van der Waals surface area (Å²) in [5.41, 5.74) is 5.71. The Bertz CT molecular complexity index is 1350. The summed E-state index contributed by atoms with van der Waals surface area (Å²) >= 11 is 7.29. The summed E-state index contributed by atoms with van der Waals surface area (Å²) < 4.78 is 0. The van der Waals surface area contributed by atoms with Gasteiger partial charge in [-0.1, -0.05) is 78.6 Å². The lowest BCUT2D eigenvalue weighted by Crippen LogP contribution is -2.30. The maximum atomic E-state index is 13.6. The van der Waals surface area contributed by atoms with Crippen molar-refractivity contribution in [2.24, 2.45) is 0 Å². The van der Waals surface area contributed by atoms with E-state index in [1.165, 1.54) is 4.90 Å². The first kappa shape index (κ1) is 21.4. The number of aryl methyl sites for hydroxylation is 1. The summed E-state index contributed by atoms with van der Waals surface area (Å²) in [6.45, 7) is 2.58. The van der Waals surface area contributed by atoms with Gasteiger partial charge in [-0.15, -0.1) is 0 Å². The van der Waals surface area contributed by atoms with Gasteiger partial charge in [0.1, 0.15) is 4.99 Å². The summed E-state index contributed by atoms with van der Waals surface area (Å²) in [7, 11) is 0. The van der Waals surface area contributed by atoms with Gasteiger partial charge >= 0.3 is 0 Å². The standard InChI is InChI=1S/C28H22N2OS2/c1-19-8-2-4-10-23(19)27(32)29-22-16-14-20(15-17-22)28(31)30-18-21-9-3-6-12-25(21)33-26-13-7-5-11-24(26)30/h2-17H,18H2,1H3,(H,29,32). The predicted molar refractivity (Wildman–Crippen MR) is 140 cm³/mol. The molecule has 0 fully saturated rings. The Morgan fingerprint density at radius 3 is 2.30 bits per heavy atom. The van der Waals surface area contributed by atoms with Crippen LogP contribution in [0, 0.1) is 6.92 Å². The number of nitrogens with zero attached hydrogens (tertiary/aromatic N) is 1. The monoisotopic (exact) mass is 466 g/mol. The number of fused-ring (bicyclic) bond motifs is 2. The molecule has 0 bridgehead atoms. The van der Waals surface area contributed by atoms with Crippen molar-refractivity contribution in [3.05, 3.63) is 119 Å². The average molecular weight is 467 g/mol. The van der Waals surface area contributed by atoms with Crippen molar-refractivity contribution in [2.45, 2.75) is 23.3 Å². The van der Waals surface area contributed by atoms with Crippen molar-refractivity contribution >= 4 is 46.3 Å². The fourth-order valence-corrected chi connectivity index (χ4v) is 5.36. The first-order chi connectivity index (χ1) is 16.1. The van der Waals surface area contributed by atoms with Gasteiger partial charge in [0, 0.05) is 26.6 Å². The van der Waals surface area contributed by atoms with Crippen LogP contribution < -0.4 is 10.2 Å². The second-order valence-electron chi connectivity index (χ2n) is 7.92. The van der Waals surface area contributed by atoms with Crippen LogP contribution in [0.3, 0.4) is 0 Å². The van der Waals surface area contributed by atoms with Crippen molar-refractivity contribution < 1.29 is 4.79 Å². The highest BCUT2D eigenvalue weighted by Crippen LogP contribution is 2.41. The van der Waals surface area contributed by atoms with E-state index in [9.17, 15) is 4.79 Å². The van der Waals surface area contributed by atoms with Gasteiger partial charge in [-0.25, -0.2) is 0 Å². The van der Waals surface area contributed by atoms with E-state index in [0.29, 0.717) is 17.1 Å². The quantitative estimate of drug-likeness (QED) is 0.327. The van der Waals surface area contributed by atoms with Gasteiger partial charge in [0.2, 0.25) is 0 Å². The van der Waals surface area contributed by atoms with Crippen molar-refractivity contribution in [1.82, 2.24) is 0 Å². The number of thiocarbonyl (C=S) groups is 1. The first-order valence-electron chi connectivity index (χ1n) is 10.7. The van der Waals surface area contributed by atoms with Gasteiger partial charge in [-0.2, -0.15) is 0 Å². The summed E-state index contributed by atoms with van der Waals surface area (Å²) in [6, 6.07) is 31.9. The van der Waals surface area contributed by atoms with Crippen molar-refractivity contribution in [2.75, 3.05) is 10.2 Å². The van der Waals surface area contributed by atoms with Gasteiger partial charge in [-0.3, -0.25) is 4.79 Å². The second-order valence-corrected chi connectivity index (χ2v) is 9.41. The van der Waals surface area contributed by atoms with E-state index in [1.807, 2.05) is 90.7 Å². The molecule has 0 unspecified atom stereocenters. The minimum Gasteiger partial charge on any atom is -0.346 e. The number of amides is 1. The normalized spacial score (nSPS) is 12.3. The Hall–Kier alpha value is -3.41. The minimum absolute atomic E-state index is 0.0206. The molecule has 5 rings (SSSR count).